The molecule has 1 aliphatic heterocycles. The van der Waals surface area contributed by atoms with E-state index in [1.807, 2.05) is 46.8 Å². The Hall–Kier alpha value is -1.68. The van der Waals surface area contributed by atoms with Crippen LogP contribution in [-0.2, 0) is 14.3 Å². The van der Waals surface area contributed by atoms with E-state index in [0.29, 0.717) is 12.8 Å². The molecule has 1 N–H and O–H groups in total. The molecule has 0 radical (unpaired) electrons. The van der Waals surface area contributed by atoms with Gasteiger partial charge in [-0.25, -0.2) is 4.79 Å². The van der Waals surface area contributed by atoms with Crippen LogP contribution >= 0.6 is 0 Å². The maximum Gasteiger partial charge on any atom is 0.330 e. The summed E-state index contributed by atoms with van der Waals surface area (Å²) in [5, 5.41) is 10.4. The van der Waals surface area contributed by atoms with E-state index < -0.39 is 6.10 Å². The third kappa shape index (κ3) is 6.99. The molecule has 0 fully saturated rings. The molecule has 1 heterocycles. The van der Waals surface area contributed by atoms with Gasteiger partial charge in [0, 0.05) is 23.8 Å². The second kappa shape index (κ2) is 10.3. The molecule has 0 amide bonds. The van der Waals surface area contributed by atoms with E-state index in [4.69, 9.17) is 4.74 Å². The fourth-order valence-electron chi connectivity index (χ4n) is 3.10. The van der Waals surface area contributed by atoms with Crippen molar-refractivity contribution >= 4 is 11.8 Å². The molecule has 1 aliphatic rings. The number of aliphatic hydroxyl groups is 1. The number of carbonyl (C=O) groups is 2. The molecule has 0 aliphatic carbocycles. The Labute approximate surface area is 151 Å². The molecule has 0 aromatic heterocycles. The Bertz CT molecular complexity index is 532. The van der Waals surface area contributed by atoms with Crippen LogP contribution in [0, 0.1) is 23.7 Å². The molecular formula is C21H32O4. The monoisotopic (exact) mass is 348 g/mol. The third-order valence-electron chi connectivity index (χ3n) is 4.91. The molecule has 6 atom stereocenters. The van der Waals surface area contributed by atoms with Crippen LogP contribution in [-0.4, -0.2) is 29.1 Å². The van der Waals surface area contributed by atoms with Crippen molar-refractivity contribution < 1.29 is 19.4 Å². The first-order valence-electron chi connectivity index (χ1n) is 9.21. The molecule has 140 valence electrons. The Morgan fingerprint density at radius 3 is 2.36 bits per heavy atom. The van der Waals surface area contributed by atoms with Crippen LogP contribution in [0.25, 0.3) is 0 Å². The van der Waals surface area contributed by atoms with Crippen LogP contribution in [0.15, 0.2) is 36.5 Å². The van der Waals surface area contributed by atoms with Gasteiger partial charge in [-0.05, 0) is 24.8 Å². The second-order valence-corrected chi connectivity index (χ2v) is 7.21. The lowest BCUT2D eigenvalue weighted by molar-refractivity contribution is -0.144. The standard InChI is InChI=1S/C21H32O4/c1-6-19-14(2)9-7-8-10-18(22)16(4)13-17(5)21(24)15(3)11-12-20(23)25-19/h7-12,14-17,19,21,24H,6,13H2,1-5H3/b9-7+,10-8-,12-11+. The molecule has 0 aromatic rings. The van der Waals surface area contributed by atoms with Gasteiger partial charge in [0.05, 0.1) is 6.10 Å². The first-order valence-corrected chi connectivity index (χ1v) is 9.21. The van der Waals surface area contributed by atoms with Crippen molar-refractivity contribution in [3.8, 4) is 0 Å². The predicted molar refractivity (Wildman–Crippen MR) is 99.9 cm³/mol. The van der Waals surface area contributed by atoms with Crippen LogP contribution in [0.1, 0.15) is 47.5 Å². The van der Waals surface area contributed by atoms with Gasteiger partial charge in [0.25, 0.3) is 0 Å². The Morgan fingerprint density at radius 2 is 1.72 bits per heavy atom. The Balaban J connectivity index is 3.03. The number of ether oxygens (including phenoxy) is 1. The summed E-state index contributed by atoms with van der Waals surface area (Å²) < 4.78 is 5.51. The van der Waals surface area contributed by atoms with Crippen molar-refractivity contribution in [2.24, 2.45) is 23.7 Å². The zero-order valence-electron chi connectivity index (χ0n) is 16.0. The van der Waals surface area contributed by atoms with Crippen LogP contribution in [0.4, 0.5) is 0 Å². The summed E-state index contributed by atoms with van der Waals surface area (Å²) in [4.78, 5) is 24.2. The minimum Gasteiger partial charge on any atom is -0.459 e. The zero-order valence-corrected chi connectivity index (χ0v) is 16.0. The fourth-order valence-corrected chi connectivity index (χ4v) is 3.10. The summed E-state index contributed by atoms with van der Waals surface area (Å²) >= 11 is 0. The molecular weight excluding hydrogens is 316 g/mol. The minimum atomic E-state index is -0.614. The maximum atomic E-state index is 12.2. The number of hydrogen-bond donors (Lipinski definition) is 1. The molecule has 6 unspecified atom stereocenters. The SMILES string of the molecule is CCC1OC(=O)/C=C/C(C)C(O)C(C)CC(C)C(=O)/C=C\C=C\C1C. The highest BCUT2D eigenvalue weighted by Crippen LogP contribution is 2.22. The average Bonchev–Trinajstić information content (AvgIpc) is 2.58. The second-order valence-electron chi connectivity index (χ2n) is 7.21. The van der Waals surface area contributed by atoms with Crippen molar-refractivity contribution in [3.05, 3.63) is 36.5 Å². The molecule has 0 bridgehead atoms. The van der Waals surface area contributed by atoms with Crippen LogP contribution in [0.5, 0.6) is 0 Å². The van der Waals surface area contributed by atoms with Crippen LogP contribution in [0.2, 0.25) is 0 Å². The molecule has 4 heteroatoms. The molecule has 4 nitrogen and oxygen atoms in total. The van der Waals surface area contributed by atoms with Gasteiger partial charge >= 0.3 is 5.97 Å². The van der Waals surface area contributed by atoms with Gasteiger partial charge < -0.3 is 9.84 Å². The van der Waals surface area contributed by atoms with E-state index in [1.54, 1.807) is 18.2 Å². The highest BCUT2D eigenvalue weighted by atomic mass is 16.5. The Kier molecular flexibility index (Phi) is 8.84. The molecule has 0 spiro atoms. The van der Waals surface area contributed by atoms with Crippen molar-refractivity contribution in [1.82, 2.24) is 0 Å². The normalized spacial score (nSPS) is 39.4. The van der Waals surface area contributed by atoms with Gasteiger partial charge in [0.15, 0.2) is 5.78 Å². The molecule has 0 saturated carbocycles. The average molecular weight is 348 g/mol. The van der Waals surface area contributed by atoms with E-state index in [9.17, 15) is 14.7 Å². The van der Waals surface area contributed by atoms with Gasteiger partial charge in [-0.3, -0.25) is 4.79 Å². The van der Waals surface area contributed by atoms with E-state index >= 15 is 0 Å². The van der Waals surface area contributed by atoms with Crippen molar-refractivity contribution in [2.75, 3.05) is 0 Å². The fraction of sp³-hybridized carbons (Fsp3) is 0.619. The first kappa shape index (κ1) is 21.4. The summed E-state index contributed by atoms with van der Waals surface area (Å²) in [6.45, 7) is 9.63. The Morgan fingerprint density at radius 1 is 1.04 bits per heavy atom. The number of allylic oxidation sites excluding steroid dienone is 3. The number of rotatable bonds is 1. The lowest BCUT2D eigenvalue weighted by Crippen LogP contribution is -2.28. The minimum absolute atomic E-state index is 0.0464. The highest BCUT2D eigenvalue weighted by molar-refractivity contribution is 5.91. The molecule has 1 rings (SSSR count). The molecule has 0 saturated heterocycles. The topological polar surface area (TPSA) is 63.6 Å². The lowest BCUT2D eigenvalue weighted by Gasteiger charge is -2.25. The predicted octanol–water partition coefficient (Wildman–Crippen LogP) is 3.85. The van der Waals surface area contributed by atoms with Gasteiger partial charge in [0.2, 0.25) is 0 Å². The highest BCUT2D eigenvalue weighted by Gasteiger charge is 2.24. The van der Waals surface area contributed by atoms with Gasteiger partial charge in [-0.2, -0.15) is 0 Å². The smallest absolute Gasteiger partial charge is 0.330 e. The summed E-state index contributed by atoms with van der Waals surface area (Å²) in [7, 11) is 0. The zero-order chi connectivity index (χ0) is 19.0. The van der Waals surface area contributed by atoms with Gasteiger partial charge in [0.1, 0.15) is 6.10 Å². The summed E-state index contributed by atoms with van der Waals surface area (Å²) in [6.07, 6.45) is 10.7. The van der Waals surface area contributed by atoms with Crippen molar-refractivity contribution in [2.45, 2.75) is 59.7 Å². The number of carbonyl (C=O) groups excluding carboxylic acids is 2. The van der Waals surface area contributed by atoms with Crippen LogP contribution < -0.4 is 0 Å². The first-order chi connectivity index (χ1) is 11.8. The summed E-state index contributed by atoms with van der Waals surface area (Å²) in [5.41, 5.74) is 0. The van der Waals surface area contributed by atoms with Crippen LogP contribution in [0.3, 0.4) is 0 Å². The van der Waals surface area contributed by atoms with E-state index in [-0.39, 0.29) is 41.5 Å². The maximum absolute atomic E-state index is 12.2. The van der Waals surface area contributed by atoms with E-state index in [0.717, 1.165) is 0 Å². The lowest BCUT2D eigenvalue weighted by atomic mass is 9.85. The number of hydrogen-bond acceptors (Lipinski definition) is 4. The number of aliphatic hydroxyl groups excluding tert-OH is 1. The largest absolute Gasteiger partial charge is 0.459 e. The third-order valence-corrected chi connectivity index (χ3v) is 4.91. The van der Waals surface area contributed by atoms with Crippen molar-refractivity contribution in [3.63, 3.8) is 0 Å². The summed E-state index contributed by atoms with van der Waals surface area (Å²) in [6, 6.07) is 0. The molecule has 0 aromatic carbocycles. The number of esters is 1. The van der Waals surface area contributed by atoms with E-state index in [1.165, 1.54) is 6.08 Å². The quantitative estimate of drug-likeness (QED) is 0.731. The van der Waals surface area contributed by atoms with E-state index in [2.05, 4.69) is 0 Å². The molecule has 25 heavy (non-hydrogen) atoms. The summed E-state index contributed by atoms with van der Waals surface area (Å²) in [5.74, 6) is -0.657. The number of ketones is 1. The van der Waals surface area contributed by atoms with Gasteiger partial charge in [-0.15, -0.1) is 0 Å². The van der Waals surface area contributed by atoms with Gasteiger partial charge in [-0.1, -0.05) is 58.9 Å². The number of cyclic esters (lactones) is 1. The van der Waals surface area contributed by atoms with Crippen molar-refractivity contribution in [1.29, 1.82) is 0 Å².